The molecule has 0 bridgehead atoms. The van der Waals surface area contributed by atoms with Crippen LogP contribution in [0.3, 0.4) is 0 Å². The first-order chi connectivity index (χ1) is 7.27. The number of aromatic nitrogens is 1. The summed E-state index contributed by atoms with van der Waals surface area (Å²) in [5.41, 5.74) is 3.23. The molecule has 0 aliphatic heterocycles. The molecule has 0 aromatic carbocycles. The second-order valence-electron chi connectivity index (χ2n) is 3.54. The summed E-state index contributed by atoms with van der Waals surface area (Å²) in [6.45, 7) is 5.44. The van der Waals surface area contributed by atoms with E-state index in [2.05, 4.69) is 10.5 Å². The number of furan rings is 1. The van der Waals surface area contributed by atoms with Crippen molar-refractivity contribution < 1.29 is 8.94 Å². The van der Waals surface area contributed by atoms with Crippen LogP contribution in [0, 0.1) is 13.8 Å². The van der Waals surface area contributed by atoms with Gasteiger partial charge in [0.15, 0.2) is 0 Å². The predicted molar refractivity (Wildman–Crippen MR) is 55.2 cm³/mol. The Hall–Kier alpha value is -1.55. The minimum atomic E-state index is 0.770. The average Bonchev–Trinajstić information content (AvgIpc) is 2.82. The molecule has 2 aromatic heterocycles. The highest BCUT2D eigenvalue weighted by molar-refractivity contribution is 5.20. The van der Waals surface area contributed by atoms with Crippen molar-refractivity contribution in [3.05, 3.63) is 41.2 Å². The Morgan fingerprint density at radius 2 is 2.20 bits per heavy atom. The molecule has 4 heteroatoms. The quantitative estimate of drug-likeness (QED) is 0.833. The molecule has 0 aliphatic carbocycles. The molecule has 0 spiro atoms. The molecule has 2 aromatic rings. The summed E-state index contributed by atoms with van der Waals surface area (Å²) in [6.07, 6.45) is 3.41. The fraction of sp³-hybridized carbons (Fsp3) is 0.364. The maximum atomic E-state index is 5.07. The van der Waals surface area contributed by atoms with E-state index >= 15 is 0 Å². The largest absolute Gasteiger partial charge is 0.472 e. The Balaban J connectivity index is 1.89. The number of nitrogens with zero attached hydrogens (tertiary/aromatic N) is 1. The molecule has 0 amide bonds. The monoisotopic (exact) mass is 206 g/mol. The van der Waals surface area contributed by atoms with E-state index in [0.717, 1.165) is 35.7 Å². The topological polar surface area (TPSA) is 51.2 Å². The van der Waals surface area contributed by atoms with Gasteiger partial charge in [-0.3, -0.25) is 0 Å². The summed E-state index contributed by atoms with van der Waals surface area (Å²) in [6, 6.07) is 1.94. The number of nitrogens with one attached hydrogen (secondary N) is 1. The van der Waals surface area contributed by atoms with Gasteiger partial charge >= 0.3 is 0 Å². The lowest BCUT2D eigenvalue weighted by molar-refractivity contribution is 0.392. The molecule has 0 saturated heterocycles. The van der Waals surface area contributed by atoms with Gasteiger partial charge in [0.25, 0.3) is 0 Å². The van der Waals surface area contributed by atoms with E-state index in [9.17, 15) is 0 Å². The van der Waals surface area contributed by atoms with Crippen molar-refractivity contribution in [2.75, 3.05) is 0 Å². The highest BCUT2D eigenvalue weighted by Gasteiger charge is 2.07. The van der Waals surface area contributed by atoms with E-state index in [1.54, 1.807) is 12.5 Å². The lowest BCUT2D eigenvalue weighted by Gasteiger charge is -2.01. The Morgan fingerprint density at radius 3 is 2.80 bits per heavy atom. The third-order valence-electron chi connectivity index (χ3n) is 2.39. The molecule has 0 saturated carbocycles. The average molecular weight is 206 g/mol. The lowest BCUT2D eigenvalue weighted by atomic mass is 10.2. The zero-order valence-electron chi connectivity index (χ0n) is 8.91. The SMILES string of the molecule is Cc1noc(C)c1CNCc1ccoc1. The summed E-state index contributed by atoms with van der Waals surface area (Å²) < 4.78 is 10.1. The van der Waals surface area contributed by atoms with Gasteiger partial charge in [0.2, 0.25) is 0 Å². The van der Waals surface area contributed by atoms with Gasteiger partial charge in [0.1, 0.15) is 5.76 Å². The van der Waals surface area contributed by atoms with Crippen LogP contribution in [-0.4, -0.2) is 5.16 Å². The van der Waals surface area contributed by atoms with Crippen LogP contribution in [0.5, 0.6) is 0 Å². The fourth-order valence-corrected chi connectivity index (χ4v) is 1.48. The number of aryl methyl sites for hydroxylation is 2. The Labute approximate surface area is 88.3 Å². The minimum absolute atomic E-state index is 0.770. The van der Waals surface area contributed by atoms with Crippen molar-refractivity contribution in [3.8, 4) is 0 Å². The van der Waals surface area contributed by atoms with E-state index in [1.165, 1.54) is 0 Å². The maximum absolute atomic E-state index is 5.07. The van der Waals surface area contributed by atoms with Gasteiger partial charge in [-0.25, -0.2) is 0 Å². The summed E-state index contributed by atoms with van der Waals surface area (Å²) in [4.78, 5) is 0. The van der Waals surface area contributed by atoms with E-state index in [0.29, 0.717) is 0 Å². The fourth-order valence-electron chi connectivity index (χ4n) is 1.48. The molecule has 2 heterocycles. The normalized spacial score (nSPS) is 10.8. The summed E-state index contributed by atoms with van der Waals surface area (Å²) in [5.74, 6) is 0.882. The van der Waals surface area contributed by atoms with Crippen molar-refractivity contribution in [3.63, 3.8) is 0 Å². The molecule has 4 nitrogen and oxygen atoms in total. The molecular weight excluding hydrogens is 192 g/mol. The number of rotatable bonds is 4. The van der Waals surface area contributed by atoms with Crippen molar-refractivity contribution in [1.82, 2.24) is 10.5 Å². The first kappa shape index (κ1) is 9.98. The highest BCUT2D eigenvalue weighted by atomic mass is 16.5. The van der Waals surface area contributed by atoms with Crippen LogP contribution in [0.2, 0.25) is 0 Å². The van der Waals surface area contributed by atoms with E-state index in [1.807, 2.05) is 19.9 Å². The Morgan fingerprint density at radius 1 is 1.33 bits per heavy atom. The lowest BCUT2D eigenvalue weighted by Crippen LogP contribution is -2.13. The molecular formula is C11H14N2O2. The van der Waals surface area contributed by atoms with Crippen LogP contribution in [0.15, 0.2) is 27.5 Å². The van der Waals surface area contributed by atoms with E-state index in [-0.39, 0.29) is 0 Å². The van der Waals surface area contributed by atoms with Crippen LogP contribution < -0.4 is 5.32 Å². The van der Waals surface area contributed by atoms with Gasteiger partial charge in [-0.15, -0.1) is 0 Å². The first-order valence-electron chi connectivity index (χ1n) is 4.91. The highest BCUT2D eigenvalue weighted by Crippen LogP contribution is 2.11. The third kappa shape index (κ3) is 2.27. The minimum Gasteiger partial charge on any atom is -0.472 e. The third-order valence-corrected chi connectivity index (χ3v) is 2.39. The van der Waals surface area contributed by atoms with Gasteiger partial charge in [0, 0.05) is 24.2 Å². The predicted octanol–water partition coefficient (Wildman–Crippen LogP) is 2.17. The molecule has 2 rings (SSSR count). The summed E-state index contributed by atoms with van der Waals surface area (Å²) in [5, 5.41) is 7.21. The number of hydrogen-bond acceptors (Lipinski definition) is 4. The van der Waals surface area contributed by atoms with Gasteiger partial charge in [-0.1, -0.05) is 5.16 Å². The molecule has 0 radical (unpaired) electrons. The standard InChI is InChI=1S/C11H14N2O2/c1-8-11(9(2)15-13-8)6-12-5-10-3-4-14-7-10/h3-4,7,12H,5-6H2,1-2H3. The van der Waals surface area contributed by atoms with Gasteiger partial charge in [-0.05, 0) is 19.9 Å². The van der Waals surface area contributed by atoms with Gasteiger partial charge < -0.3 is 14.3 Å². The van der Waals surface area contributed by atoms with Crippen molar-refractivity contribution in [2.45, 2.75) is 26.9 Å². The molecule has 0 fully saturated rings. The van der Waals surface area contributed by atoms with Crippen LogP contribution >= 0.6 is 0 Å². The zero-order chi connectivity index (χ0) is 10.7. The molecule has 0 aliphatic rings. The summed E-state index contributed by atoms with van der Waals surface area (Å²) in [7, 11) is 0. The smallest absolute Gasteiger partial charge is 0.138 e. The second-order valence-corrected chi connectivity index (χ2v) is 3.54. The van der Waals surface area contributed by atoms with E-state index in [4.69, 9.17) is 8.94 Å². The first-order valence-corrected chi connectivity index (χ1v) is 4.91. The molecule has 15 heavy (non-hydrogen) atoms. The Kier molecular flexibility index (Phi) is 2.87. The van der Waals surface area contributed by atoms with Crippen LogP contribution in [-0.2, 0) is 13.1 Å². The van der Waals surface area contributed by atoms with Crippen LogP contribution in [0.1, 0.15) is 22.6 Å². The van der Waals surface area contributed by atoms with Crippen molar-refractivity contribution in [2.24, 2.45) is 0 Å². The second kappa shape index (κ2) is 4.31. The van der Waals surface area contributed by atoms with Crippen molar-refractivity contribution in [1.29, 1.82) is 0 Å². The molecule has 1 N–H and O–H groups in total. The van der Waals surface area contributed by atoms with Crippen LogP contribution in [0.25, 0.3) is 0 Å². The Bertz CT molecular complexity index is 398. The van der Waals surface area contributed by atoms with Crippen molar-refractivity contribution >= 4 is 0 Å². The van der Waals surface area contributed by atoms with Gasteiger partial charge in [-0.2, -0.15) is 0 Å². The number of hydrogen-bond donors (Lipinski definition) is 1. The maximum Gasteiger partial charge on any atom is 0.138 e. The summed E-state index contributed by atoms with van der Waals surface area (Å²) >= 11 is 0. The zero-order valence-corrected chi connectivity index (χ0v) is 8.91. The molecule has 0 atom stereocenters. The molecule has 0 unspecified atom stereocenters. The van der Waals surface area contributed by atoms with Gasteiger partial charge in [0.05, 0.1) is 18.2 Å². The van der Waals surface area contributed by atoms with Crippen LogP contribution in [0.4, 0.5) is 0 Å². The van der Waals surface area contributed by atoms with E-state index < -0.39 is 0 Å². The molecule has 80 valence electrons.